The Bertz CT molecular complexity index is 138. The predicted molar refractivity (Wildman–Crippen MR) is 54.7 cm³/mol. The second-order valence-electron chi connectivity index (χ2n) is 2.21. The molecule has 0 saturated heterocycles. The first-order valence-electron chi connectivity index (χ1n) is 3.79. The molecule has 0 heteroatoms. The topological polar surface area (TPSA) is 0 Å². The van der Waals surface area contributed by atoms with Gasteiger partial charge in [0.25, 0.3) is 0 Å². The highest BCUT2D eigenvalue weighted by atomic mass is 13.9. The van der Waals surface area contributed by atoms with E-state index in [1.165, 1.54) is 18.4 Å². The minimum absolute atomic E-state index is 0. The average Bonchev–Trinajstić information content (AvgIpc) is 1.98. The first kappa shape index (κ1) is 12.9. The van der Waals surface area contributed by atoms with Crippen LogP contribution in [0.1, 0.15) is 34.1 Å². The molecule has 0 aliphatic heterocycles. The minimum atomic E-state index is 0. The standard InChI is InChI=1S/C10H16.CH4/c1-4-7-9-10(6-3)8-5-2;/h4,6-7,9H,1,5,8H2,2-3H3;1H4/b9-7-,10-6-;. The van der Waals surface area contributed by atoms with Crippen molar-refractivity contribution in [1.29, 1.82) is 0 Å². The van der Waals surface area contributed by atoms with Gasteiger partial charge in [0.1, 0.15) is 0 Å². The van der Waals surface area contributed by atoms with Crippen molar-refractivity contribution in [3.05, 3.63) is 36.5 Å². The highest BCUT2D eigenvalue weighted by Crippen LogP contribution is 2.05. The highest BCUT2D eigenvalue weighted by molar-refractivity contribution is 5.20. The van der Waals surface area contributed by atoms with Gasteiger partial charge in [-0.25, -0.2) is 0 Å². The van der Waals surface area contributed by atoms with Crippen molar-refractivity contribution >= 4 is 0 Å². The molecule has 0 rings (SSSR count). The molecule has 64 valence electrons. The molecule has 0 fully saturated rings. The maximum atomic E-state index is 3.61. The monoisotopic (exact) mass is 152 g/mol. The maximum Gasteiger partial charge on any atom is -0.0285 e. The van der Waals surface area contributed by atoms with Gasteiger partial charge < -0.3 is 0 Å². The van der Waals surface area contributed by atoms with Crippen LogP contribution >= 0.6 is 0 Å². The number of allylic oxidation sites excluding steroid dienone is 5. The smallest absolute Gasteiger partial charge is 0.0285 e. The highest BCUT2D eigenvalue weighted by Gasteiger charge is 1.85. The molecule has 0 aromatic rings. The van der Waals surface area contributed by atoms with E-state index in [1.54, 1.807) is 6.08 Å². The normalized spacial score (nSPS) is 11.3. The summed E-state index contributed by atoms with van der Waals surface area (Å²) in [5, 5.41) is 0. The average molecular weight is 152 g/mol. The van der Waals surface area contributed by atoms with Crippen LogP contribution in [0.5, 0.6) is 0 Å². The molecule has 0 nitrogen and oxygen atoms in total. The number of hydrogen-bond acceptors (Lipinski definition) is 0. The SMILES string of the molecule is C.C=C/C=C\C(=C/C)CCC. The maximum absolute atomic E-state index is 3.61. The van der Waals surface area contributed by atoms with E-state index in [0.717, 1.165) is 0 Å². The van der Waals surface area contributed by atoms with E-state index in [-0.39, 0.29) is 7.43 Å². The molecule has 0 heterocycles. The van der Waals surface area contributed by atoms with Crippen LogP contribution in [0.25, 0.3) is 0 Å². The molecule has 0 radical (unpaired) electrons. The van der Waals surface area contributed by atoms with Crippen LogP contribution in [0.15, 0.2) is 36.5 Å². The molecule has 0 atom stereocenters. The summed E-state index contributed by atoms with van der Waals surface area (Å²) >= 11 is 0. The zero-order chi connectivity index (χ0) is 7.82. The van der Waals surface area contributed by atoms with Gasteiger partial charge in [0.2, 0.25) is 0 Å². The fourth-order valence-electron chi connectivity index (χ4n) is 0.804. The molecule has 0 aliphatic rings. The van der Waals surface area contributed by atoms with Crippen molar-refractivity contribution in [2.45, 2.75) is 34.1 Å². The van der Waals surface area contributed by atoms with E-state index in [0.29, 0.717) is 0 Å². The van der Waals surface area contributed by atoms with Crippen molar-refractivity contribution in [3.8, 4) is 0 Å². The Morgan fingerprint density at radius 2 is 2.09 bits per heavy atom. The van der Waals surface area contributed by atoms with Crippen molar-refractivity contribution < 1.29 is 0 Å². The lowest BCUT2D eigenvalue weighted by Gasteiger charge is -1.94. The third-order valence-electron chi connectivity index (χ3n) is 1.36. The van der Waals surface area contributed by atoms with Gasteiger partial charge in [0.15, 0.2) is 0 Å². The van der Waals surface area contributed by atoms with Crippen LogP contribution in [-0.4, -0.2) is 0 Å². The summed E-state index contributed by atoms with van der Waals surface area (Å²) < 4.78 is 0. The molecule has 11 heavy (non-hydrogen) atoms. The first-order chi connectivity index (χ1) is 4.85. The van der Waals surface area contributed by atoms with E-state index in [1.807, 2.05) is 6.08 Å². The third kappa shape index (κ3) is 7.11. The first-order valence-corrected chi connectivity index (χ1v) is 3.79. The Morgan fingerprint density at radius 3 is 2.45 bits per heavy atom. The second-order valence-corrected chi connectivity index (χ2v) is 2.21. The van der Waals surface area contributed by atoms with Gasteiger partial charge in [0, 0.05) is 0 Å². The van der Waals surface area contributed by atoms with Gasteiger partial charge in [-0.1, -0.05) is 57.2 Å². The zero-order valence-electron chi connectivity index (χ0n) is 6.93. The second kappa shape index (κ2) is 9.22. The van der Waals surface area contributed by atoms with Crippen molar-refractivity contribution in [2.24, 2.45) is 0 Å². The summed E-state index contributed by atoms with van der Waals surface area (Å²) in [6, 6.07) is 0. The largest absolute Gasteiger partial charge is 0.0991 e. The fourth-order valence-corrected chi connectivity index (χ4v) is 0.804. The molecule has 0 aromatic heterocycles. The van der Waals surface area contributed by atoms with Gasteiger partial charge in [-0.3, -0.25) is 0 Å². The van der Waals surface area contributed by atoms with Crippen LogP contribution in [-0.2, 0) is 0 Å². The molecule has 0 bridgehead atoms. The van der Waals surface area contributed by atoms with Crippen molar-refractivity contribution in [1.82, 2.24) is 0 Å². The minimum Gasteiger partial charge on any atom is -0.0991 e. The van der Waals surface area contributed by atoms with Gasteiger partial charge in [-0.05, 0) is 13.3 Å². The van der Waals surface area contributed by atoms with E-state index < -0.39 is 0 Å². The van der Waals surface area contributed by atoms with Gasteiger partial charge in [-0.15, -0.1) is 0 Å². The molecule has 0 spiro atoms. The number of rotatable bonds is 4. The zero-order valence-corrected chi connectivity index (χ0v) is 6.93. The summed E-state index contributed by atoms with van der Waals surface area (Å²) in [6.07, 6.45) is 10.4. The van der Waals surface area contributed by atoms with Gasteiger partial charge >= 0.3 is 0 Å². The summed E-state index contributed by atoms with van der Waals surface area (Å²) in [6.45, 7) is 7.87. The Labute approximate surface area is 71.3 Å². The molecular weight excluding hydrogens is 132 g/mol. The molecule has 0 aliphatic carbocycles. The lowest BCUT2D eigenvalue weighted by Crippen LogP contribution is -1.74. The van der Waals surface area contributed by atoms with Gasteiger partial charge in [-0.2, -0.15) is 0 Å². The summed E-state index contributed by atoms with van der Waals surface area (Å²) in [7, 11) is 0. The lowest BCUT2D eigenvalue weighted by molar-refractivity contribution is 0.924. The molecule has 0 unspecified atom stereocenters. The fraction of sp³-hybridized carbons (Fsp3) is 0.455. The van der Waals surface area contributed by atoms with Crippen LogP contribution < -0.4 is 0 Å². The van der Waals surface area contributed by atoms with Crippen LogP contribution in [0.3, 0.4) is 0 Å². The molecule has 0 saturated carbocycles. The Kier molecular flexibility index (Phi) is 10.8. The Balaban J connectivity index is 0. The summed E-state index contributed by atoms with van der Waals surface area (Å²) in [5.41, 5.74) is 1.39. The Hall–Kier alpha value is -0.780. The molecule has 0 N–H and O–H groups in total. The third-order valence-corrected chi connectivity index (χ3v) is 1.36. The van der Waals surface area contributed by atoms with E-state index in [9.17, 15) is 0 Å². The lowest BCUT2D eigenvalue weighted by atomic mass is 10.1. The number of hydrogen-bond donors (Lipinski definition) is 0. The summed E-state index contributed by atoms with van der Waals surface area (Å²) in [5.74, 6) is 0. The molecule has 0 amide bonds. The van der Waals surface area contributed by atoms with Crippen LogP contribution in [0.4, 0.5) is 0 Å². The predicted octanol–water partition coefficient (Wildman–Crippen LogP) is 4.11. The van der Waals surface area contributed by atoms with Crippen molar-refractivity contribution in [3.63, 3.8) is 0 Å². The van der Waals surface area contributed by atoms with E-state index in [4.69, 9.17) is 0 Å². The molecular formula is C11H20. The van der Waals surface area contributed by atoms with Crippen LogP contribution in [0, 0.1) is 0 Å². The molecule has 0 aromatic carbocycles. The van der Waals surface area contributed by atoms with E-state index in [2.05, 4.69) is 32.6 Å². The summed E-state index contributed by atoms with van der Waals surface area (Å²) in [4.78, 5) is 0. The Morgan fingerprint density at radius 1 is 1.45 bits per heavy atom. The quantitative estimate of drug-likeness (QED) is 0.532. The van der Waals surface area contributed by atoms with E-state index >= 15 is 0 Å². The van der Waals surface area contributed by atoms with Crippen LogP contribution in [0.2, 0.25) is 0 Å². The van der Waals surface area contributed by atoms with Crippen molar-refractivity contribution in [2.75, 3.05) is 0 Å². The van der Waals surface area contributed by atoms with Gasteiger partial charge in [0.05, 0.1) is 0 Å².